The van der Waals surface area contributed by atoms with Gasteiger partial charge in [0.1, 0.15) is 5.82 Å². The van der Waals surface area contributed by atoms with Crippen LogP contribution in [0.4, 0.5) is 5.82 Å². The largest absolute Gasteiger partial charge is 0.383 e. The molecule has 5 rings (SSSR count). The number of nitrogens with zero attached hydrogens (tertiary/aromatic N) is 5. The Balaban J connectivity index is 1.57. The second-order valence-corrected chi connectivity index (χ2v) is 10.1. The van der Waals surface area contributed by atoms with Crippen LogP contribution in [0.15, 0.2) is 42.7 Å². The highest BCUT2D eigenvalue weighted by molar-refractivity contribution is 7.88. The molecule has 1 fully saturated rings. The van der Waals surface area contributed by atoms with Gasteiger partial charge in [-0.25, -0.2) is 17.7 Å². The second-order valence-electron chi connectivity index (χ2n) is 8.15. The van der Waals surface area contributed by atoms with Crippen molar-refractivity contribution in [3.8, 4) is 11.1 Å². The van der Waals surface area contributed by atoms with Gasteiger partial charge in [0.05, 0.1) is 23.7 Å². The van der Waals surface area contributed by atoms with E-state index < -0.39 is 10.0 Å². The average molecular weight is 437 g/mol. The average Bonchev–Trinajstić information content (AvgIpc) is 3.19. The third-order valence-electron chi connectivity index (χ3n) is 6.18. The summed E-state index contributed by atoms with van der Waals surface area (Å²) in [6.45, 7) is 2.95. The molecule has 0 amide bonds. The lowest BCUT2D eigenvalue weighted by Gasteiger charge is -2.30. The van der Waals surface area contributed by atoms with Crippen LogP contribution in [0.25, 0.3) is 27.7 Å². The van der Waals surface area contributed by atoms with E-state index in [0.717, 1.165) is 46.1 Å². The number of sulfonamides is 1. The summed E-state index contributed by atoms with van der Waals surface area (Å²) in [7, 11) is -3.17. The van der Waals surface area contributed by atoms with Crippen molar-refractivity contribution in [1.82, 2.24) is 23.9 Å². The molecule has 1 aliphatic heterocycles. The summed E-state index contributed by atoms with van der Waals surface area (Å²) in [5, 5.41) is 5.53. The van der Waals surface area contributed by atoms with Gasteiger partial charge in [-0.15, -0.1) is 0 Å². The molecule has 4 aromatic rings. The first-order chi connectivity index (χ1) is 14.8. The Hall–Kier alpha value is -3.04. The zero-order valence-corrected chi connectivity index (χ0v) is 18.3. The maximum Gasteiger partial charge on any atom is 0.211 e. The van der Waals surface area contributed by atoms with Crippen LogP contribution in [-0.4, -0.2) is 51.7 Å². The molecular weight excluding hydrogens is 412 g/mol. The Morgan fingerprint density at radius 1 is 1.13 bits per heavy atom. The van der Waals surface area contributed by atoms with E-state index >= 15 is 0 Å². The van der Waals surface area contributed by atoms with Crippen molar-refractivity contribution < 1.29 is 8.42 Å². The molecule has 0 saturated carbocycles. The predicted molar refractivity (Wildman–Crippen MR) is 121 cm³/mol. The van der Waals surface area contributed by atoms with Gasteiger partial charge in [0, 0.05) is 47.3 Å². The van der Waals surface area contributed by atoms with E-state index in [2.05, 4.69) is 16.1 Å². The number of anilines is 1. The van der Waals surface area contributed by atoms with Crippen molar-refractivity contribution in [3.63, 3.8) is 0 Å². The molecule has 0 unspecified atom stereocenters. The highest BCUT2D eigenvalue weighted by Crippen LogP contribution is 2.34. The number of aromatic nitrogens is 4. The third kappa shape index (κ3) is 3.43. The fourth-order valence-electron chi connectivity index (χ4n) is 4.39. The lowest BCUT2D eigenvalue weighted by atomic mass is 9.91. The number of fused-ring (bicyclic) bond motifs is 2. The number of hydrogen-bond acceptors (Lipinski definition) is 6. The fraction of sp³-hybridized carbons (Fsp3) is 0.318. The van der Waals surface area contributed by atoms with Crippen molar-refractivity contribution in [2.45, 2.75) is 25.7 Å². The minimum Gasteiger partial charge on any atom is -0.383 e. The predicted octanol–water partition coefficient (Wildman–Crippen LogP) is 2.97. The van der Waals surface area contributed by atoms with E-state index in [1.165, 1.54) is 10.6 Å². The molecule has 0 atom stereocenters. The first-order valence-electron chi connectivity index (χ1n) is 10.3. The van der Waals surface area contributed by atoms with Gasteiger partial charge in [0.2, 0.25) is 10.0 Å². The van der Waals surface area contributed by atoms with E-state index in [1.54, 1.807) is 10.7 Å². The molecule has 2 N–H and O–H groups in total. The van der Waals surface area contributed by atoms with Gasteiger partial charge >= 0.3 is 0 Å². The number of benzene rings is 1. The van der Waals surface area contributed by atoms with Crippen LogP contribution in [0.5, 0.6) is 0 Å². The van der Waals surface area contributed by atoms with Crippen LogP contribution >= 0.6 is 0 Å². The number of nitrogen functional groups attached to an aromatic ring is 1. The van der Waals surface area contributed by atoms with Crippen molar-refractivity contribution in [1.29, 1.82) is 0 Å². The molecule has 3 aromatic heterocycles. The zero-order valence-electron chi connectivity index (χ0n) is 17.5. The zero-order chi connectivity index (χ0) is 21.8. The molecule has 0 spiro atoms. The van der Waals surface area contributed by atoms with Crippen molar-refractivity contribution in [2.24, 2.45) is 0 Å². The molecule has 9 heteroatoms. The molecule has 0 radical (unpaired) electrons. The Morgan fingerprint density at radius 3 is 2.61 bits per heavy atom. The molecule has 1 aliphatic rings. The van der Waals surface area contributed by atoms with Gasteiger partial charge < -0.3 is 5.73 Å². The third-order valence-corrected chi connectivity index (χ3v) is 7.48. The standard InChI is InChI=1S/C22H24N6O2S/c1-14-20(15-7-9-27(10-8-15)31(2,29)30)26-22-18(13-25-28(22)21(14)23)17-11-16-5-3-4-6-19(16)24-12-17/h3-6,11-13,15H,7-10,23H2,1-2H3. The van der Waals surface area contributed by atoms with Crippen LogP contribution in [0.1, 0.15) is 30.0 Å². The Bertz CT molecular complexity index is 1400. The van der Waals surface area contributed by atoms with Crippen LogP contribution in [0.2, 0.25) is 0 Å². The van der Waals surface area contributed by atoms with E-state index in [1.807, 2.05) is 37.4 Å². The van der Waals surface area contributed by atoms with Crippen LogP contribution in [0, 0.1) is 6.92 Å². The number of para-hydroxylation sites is 1. The molecule has 31 heavy (non-hydrogen) atoms. The highest BCUT2D eigenvalue weighted by Gasteiger charge is 2.29. The quantitative estimate of drug-likeness (QED) is 0.529. The van der Waals surface area contributed by atoms with Gasteiger partial charge in [0.25, 0.3) is 0 Å². The first-order valence-corrected chi connectivity index (χ1v) is 12.1. The number of nitrogens with two attached hydrogens (primary N) is 1. The number of rotatable bonds is 3. The molecule has 4 heterocycles. The van der Waals surface area contributed by atoms with E-state index in [-0.39, 0.29) is 5.92 Å². The monoisotopic (exact) mass is 436 g/mol. The summed E-state index contributed by atoms with van der Waals surface area (Å²) in [4.78, 5) is 9.56. The summed E-state index contributed by atoms with van der Waals surface area (Å²) >= 11 is 0. The second kappa shape index (κ2) is 7.28. The maximum atomic E-state index is 11.9. The summed E-state index contributed by atoms with van der Waals surface area (Å²) in [5.41, 5.74) is 11.7. The van der Waals surface area contributed by atoms with Gasteiger partial charge in [-0.1, -0.05) is 18.2 Å². The van der Waals surface area contributed by atoms with E-state index in [4.69, 9.17) is 10.7 Å². The van der Waals surface area contributed by atoms with Crippen LogP contribution in [-0.2, 0) is 10.0 Å². The van der Waals surface area contributed by atoms with Gasteiger partial charge in [0.15, 0.2) is 5.65 Å². The summed E-state index contributed by atoms with van der Waals surface area (Å²) in [5.74, 6) is 0.716. The summed E-state index contributed by atoms with van der Waals surface area (Å²) in [6.07, 6.45) is 6.31. The normalized spacial score (nSPS) is 16.3. The highest BCUT2D eigenvalue weighted by atomic mass is 32.2. The van der Waals surface area contributed by atoms with Crippen molar-refractivity contribution in [3.05, 3.63) is 54.0 Å². The molecule has 8 nitrogen and oxygen atoms in total. The molecule has 0 aliphatic carbocycles. The molecule has 160 valence electrons. The number of hydrogen-bond donors (Lipinski definition) is 1. The molecule has 1 saturated heterocycles. The minimum atomic E-state index is -3.17. The minimum absolute atomic E-state index is 0.155. The fourth-order valence-corrected chi connectivity index (χ4v) is 5.27. The summed E-state index contributed by atoms with van der Waals surface area (Å²) in [6, 6.07) is 10.1. The lowest BCUT2D eigenvalue weighted by Crippen LogP contribution is -2.37. The first kappa shape index (κ1) is 19.9. The van der Waals surface area contributed by atoms with Gasteiger partial charge in [-0.05, 0) is 31.9 Å². The van der Waals surface area contributed by atoms with Crippen molar-refractivity contribution in [2.75, 3.05) is 25.1 Å². The lowest BCUT2D eigenvalue weighted by molar-refractivity contribution is 0.318. The Kier molecular flexibility index (Phi) is 4.67. The van der Waals surface area contributed by atoms with Gasteiger partial charge in [-0.2, -0.15) is 9.61 Å². The molecule has 0 bridgehead atoms. The molecular formula is C22H24N6O2S. The number of pyridine rings is 1. The maximum absolute atomic E-state index is 11.9. The Labute approximate surface area is 180 Å². The van der Waals surface area contributed by atoms with Crippen LogP contribution < -0.4 is 5.73 Å². The molecule has 1 aromatic carbocycles. The SMILES string of the molecule is Cc1c(C2CCN(S(C)(=O)=O)CC2)nc2c(-c3cnc4ccccc4c3)cnn2c1N. The van der Waals surface area contributed by atoms with Gasteiger partial charge in [-0.3, -0.25) is 4.98 Å². The van der Waals surface area contributed by atoms with E-state index in [9.17, 15) is 8.42 Å². The smallest absolute Gasteiger partial charge is 0.211 e. The number of piperidine rings is 1. The topological polar surface area (TPSA) is 106 Å². The Morgan fingerprint density at radius 2 is 1.87 bits per heavy atom. The van der Waals surface area contributed by atoms with Crippen LogP contribution in [0.3, 0.4) is 0 Å². The summed E-state index contributed by atoms with van der Waals surface area (Å²) < 4.78 is 26.9. The van der Waals surface area contributed by atoms with Crippen molar-refractivity contribution >= 4 is 32.4 Å². The van der Waals surface area contributed by atoms with E-state index in [0.29, 0.717) is 24.6 Å².